The summed E-state index contributed by atoms with van der Waals surface area (Å²) in [6.07, 6.45) is 8.95. The van der Waals surface area contributed by atoms with Crippen LogP contribution in [-0.2, 0) is 4.79 Å². The van der Waals surface area contributed by atoms with Crippen LogP contribution in [0.2, 0.25) is 0 Å². The summed E-state index contributed by atoms with van der Waals surface area (Å²) in [6.45, 7) is 4.39. The molecule has 7 heteroatoms. The van der Waals surface area contributed by atoms with Crippen molar-refractivity contribution < 1.29 is 9.59 Å². The molecule has 2 heterocycles. The summed E-state index contributed by atoms with van der Waals surface area (Å²) in [5.74, 6) is 0.632. The second-order valence-electron chi connectivity index (χ2n) is 6.57. The van der Waals surface area contributed by atoms with Crippen LogP contribution >= 0.6 is 0 Å². The molecule has 1 saturated heterocycles. The lowest BCUT2D eigenvalue weighted by Gasteiger charge is -2.34. The third-order valence-electron chi connectivity index (χ3n) is 4.85. The Hall–Kier alpha value is -2.18. The molecule has 2 amide bonds. The fraction of sp³-hybridized carbons (Fsp3) is 0.647. The average molecular weight is 331 g/mol. The van der Waals surface area contributed by atoms with Crippen LogP contribution in [0.25, 0.3) is 0 Å². The van der Waals surface area contributed by atoms with E-state index in [9.17, 15) is 9.59 Å². The molecule has 2 aliphatic rings. The molecule has 7 nitrogen and oxygen atoms in total. The van der Waals surface area contributed by atoms with Crippen LogP contribution < -0.4 is 10.2 Å². The number of amides is 2. The highest BCUT2D eigenvalue weighted by atomic mass is 16.2. The first-order valence-corrected chi connectivity index (χ1v) is 8.77. The first-order chi connectivity index (χ1) is 11.6. The zero-order valence-electron chi connectivity index (χ0n) is 14.2. The monoisotopic (exact) mass is 331 g/mol. The molecule has 0 radical (unpaired) electrons. The Labute approximate surface area is 142 Å². The van der Waals surface area contributed by atoms with Gasteiger partial charge in [0.05, 0.1) is 5.56 Å². The zero-order chi connectivity index (χ0) is 16.9. The highest BCUT2D eigenvalue weighted by molar-refractivity contribution is 5.93. The van der Waals surface area contributed by atoms with Gasteiger partial charge in [-0.05, 0) is 12.8 Å². The maximum absolute atomic E-state index is 12.3. The Balaban J connectivity index is 1.55. The molecular formula is C17H25N5O2. The molecule has 0 atom stereocenters. The minimum absolute atomic E-state index is 0.0881. The maximum Gasteiger partial charge on any atom is 0.254 e. The summed E-state index contributed by atoms with van der Waals surface area (Å²) in [7, 11) is 0. The SMILES string of the molecule is CC(=O)N1CCN(c2ncc(C(=O)NC3CCCCC3)cn2)CC1. The van der Waals surface area contributed by atoms with Crippen molar-refractivity contribution in [2.24, 2.45) is 0 Å². The molecular weight excluding hydrogens is 306 g/mol. The van der Waals surface area contributed by atoms with Crippen molar-refractivity contribution in [2.75, 3.05) is 31.1 Å². The maximum atomic E-state index is 12.3. The summed E-state index contributed by atoms with van der Waals surface area (Å²) in [5, 5.41) is 3.08. The molecule has 3 rings (SSSR count). The summed E-state index contributed by atoms with van der Waals surface area (Å²) < 4.78 is 0. The van der Waals surface area contributed by atoms with Crippen LogP contribution in [0.5, 0.6) is 0 Å². The van der Waals surface area contributed by atoms with Crippen molar-refractivity contribution >= 4 is 17.8 Å². The number of aromatic nitrogens is 2. The third-order valence-corrected chi connectivity index (χ3v) is 4.85. The van der Waals surface area contributed by atoms with E-state index < -0.39 is 0 Å². The third kappa shape index (κ3) is 4.01. The fourth-order valence-corrected chi connectivity index (χ4v) is 3.34. The van der Waals surface area contributed by atoms with Gasteiger partial charge in [-0.1, -0.05) is 19.3 Å². The molecule has 0 spiro atoms. The first kappa shape index (κ1) is 16.7. The van der Waals surface area contributed by atoms with Crippen LogP contribution in [0.15, 0.2) is 12.4 Å². The topological polar surface area (TPSA) is 78.4 Å². The molecule has 1 saturated carbocycles. The molecule has 1 aliphatic carbocycles. The molecule has 24 heavy (non-hydrogen) atoms. The van der Waals surface area contributed by atoms with Gasteiger partial charge in [0.2, 0.25) is 11.9 Å². The lowest BCUT2D eigenvalue weighted by Crippen LogP contribution is -2.48. The fourth-order valence-electron chi connectivity index (χ4n) is 3.34. The normalized spacial score (nSPS) is 19.2. The number of nitrogens with one attached hydrogen (secondary N) is 1. The van der Waals surface area contributed by atoms with Crippen LogP contribution in [0.1, 0.15) is 49.4 Å². The first-order valence-electron chi connectivity index (χ1n) is 8.77. The van der Waals surface area contributed by atoms with Gasteiger partial charge in [0.15, 0.2) is 0 Å². The van der Waals surface area contributed by atoms with Crippen molar-refractivity contribution in [1.29, 1.82) is 0 Å². The van der Waals surface area contributed by atoms with E-state index in [0.29, 0.717) is 37.7 Å². The Morgan fingerprint density at radius 3 is 2.25 bits per heavy atom. The van der Waals surface area contributed by atoms with E-state index in [4.69, 9.17) is 0 Å². The van der Waals surface area contributed by atoms with Gasteiger partial charge in [-0.3, -0.25) is 9.59 Å². The van der Waals surface area contributed by atoms with Gasteiger partial charge in [0.25, 0.3) is 5.91 Å². The Morgan fingerprint density at radius 1 is 1.04 bits per heavy atom. The van der Waals surface area contributed by atoms with Crippen LogP contribution in [-0.4, -0.2) is 58.9 Å². The number of hydrogen-bond donors (Lipinski definition) is 1. The summed E-state index contributed by atoms with van der Waals surface area (Å²) in [4.78, 5) is 36.2. The largest absolute Gasteiger partial charge is 0.349 e. The highest BCUT2D eigenvalue weighted by Crippen LogP contribution is 2.18. The van der Waals surface area contributed by atoms with Crippen molar-refractivity contribution in [1.82, 2.24) is 20.2 Å². The second kappa shape index (κ2) is 7.59. The molecule has 0 aromatic carbocycles. The lowest BCUT2D eigenvalue weighted by molar-refractivity contribution is -0.129. The van der Waals surface area contributed by atoms with E-state index in [0.717, 1.165) is 12.8 Å². The smallest absolute Gasteiger partial charge is 0.254 e. The number of anilines is 1. The van der Waals surface area contributed by atoms with Gasteiger partial charge in [-0.15, -0.1) is 0 Å². The van der Waals surface area contributed by atoms with Crippen LogP contribution in [0.3, 0.4) is 0 Å². The molecule has 2 fully saturated rings. The van der Waals surface area contributed by atoms with E-state index in [-0.39, 0.29) is 17.9 Å². The summed E-state index contributed by atoms with van der Waals surface area (Å²) in [5.41, 5.74) is 0.506. The minimum Gasteiger partial charge on any atom is -0.349 e. The van der Waals surface area contributed by atoms with E-state index in [1.165, 1.54) is 19.3 Å². The number of piperazine rings is 1. The number of nitrogens with zero attached hydrogens (tertiary/aromatic N) is 4. The van der Waals surface area contributed by atoms with Crippen molar-refractivity contribution in [3.8, 4) is 0 Å². The second-order valence-corrected chi connectivity index (χ2v) is 6.57. The molecule has 1 aromatic rings. The zero-order valence-corrected chi connectivity index (χ0v) is 14.2. The Morgan fingerprint density at radius 2 is 1.67 bits per heavy atom. The number of rotatable bonds is 3. The number of hydrogen-bond acceptors (Lipinski definition) is 5. The summed E-state index contributed by atoms with van der Waals surface area (Å²) >= 11 is 0. The predicted molar refractivity (Wildman–Crippen MR) is 90.8 cm³/mol. The van der Waals surface area contributed by atoms with E-state index in [1.54, 1.807) is 19.3 Å². The van der Waals surface area contributed by atoms with Crippen molar-refractivity contribution in [3.63, 3.8) is 0 Å². The average Bonchev–Trinajstić information content (AvgIpc) is 2.63. The van der Waals surface area contributed by atoms with Gasteiger partial charge in [-0.2, -0.15) is 0 Å². The van der Waals surface area contributed by atoms with Gasteiger partial charge in [0, 0.05) is 51.5 Å². The quantitative estimate of drug-likeness (QED) is 0.901. The number of carbonyl (C=O) groups excluding carboxylic acids is 2. The molecule has 0 unspecified atom stereocenters. The summed E-state index contributed by atoms with van der Waals surface area (Å²) in [6, 6.07) is 0.283. The molecule has 1 aromatic heterocycles. The van der Waals surface area contributed by atoms with E-state index >= 15 is 0 Å². The van der Waals surface area contributed by atoms with Gasteiger partial charge < -0.3 is 15.1 Å². The predicted octanol–water partition coefficient (Wildman–Crippen LogP) is 1.21. The molecule has 1 N–H and O–H groups in total. The van der Waals surface area contributed by atoms with Crippen molar-refractivity contribution in [3.05, 3.63) is 18.0 Å². The van der Waals surface area contributed by atoms with Gasteiger partial charge in [0.1, 0.15) is 0 Å². The Bertz CT molecular complexity index is 575. The standard InChI is InChI=1S/C17H25N5O2/c1-13(23)21-7-9-22(10-8-21)17-18-11-14(12-19-17)16(24)20-15-5-3-2-4-6-15/h11-12,15H,2-10H2,1H3,(H,20,24). The van der Waals surface area contributed by atoms with Gasteiger partial charge >= 0.3 is 0 Å². The molecule has 130 valence electrons. The van der Waals surface area contributed by atoms with Gasteiger partial charge in [-0.25, -0.2) is 9.97 Å². The highest BCUT2D eigenvalue weighted by Gasteiger charge is 2.21. The van der Waals surface area contributed by atoms with E-state index in [1.807, 2.05) is 9.80 Å². The molecule has 1 aliphatic heterocycles. The number of carbonyl (C=O) groups is 2. The minimum atomic E-state index is -0.0881. The van der Waals surface area contributed by atoms with Crippen LogP contribution in [0, 0.1) is 0 Å². The van der Waals surface area contributed by atoms with E-state index in [2.05, 4.69) is 15.3 Å². The Kier molecular flexibility index (Phi) is 5.27. The van der Waals surface area contributed by atoms with Crippen molar-refractivity contribution in [2.45, 2.75) is 45.1 Å². The molecule has 0 bridgehead atoms. The lowest BCUT2D eigenvalue weighted by atomic mass is 9.95. The van der Waals surface area contributed by atoms with Crippen LogP contribution in [0.4, 0.5) is 5.95 Å².